The van der Waals surface area contributed by atoms with Crippen molar-refractivity contribution in [3.8, 4) is 0 Å². The third kappa shape index (κ3) is 5.43. The van der Waals surface area contributed by atoms with Gasteiger partial charge >= 0.3 is 6.09 Å². The minimum Gasteiger partial charge on any atom is -0.443 e. The van der Waals surface area contributed by atoms with Crippen molar-refractivity contribution in [2.75, 3.05) is 11.1 Å². The lowest BCUT2D eigenvalue weighted by Gasteiger charge is -2.27. The summed E-state index contributed by atoms with van der Waals surface area (Å²) in [5, 5.41) is 5.20. The Hall–Kier alpha value is -3.17. The first kappa shape index (κ1) is 23.0. The molecule has 0 radical (unpaired) electrons. The molecule has 1 aliphatic heterocycles. The van der Waals surface area contributed by atoms with Gasteiger partial charge in [-0.15, -0.1) is 11.8 Å². The van der Waals surface area contributed by atoms with Gasteiger partial charge in [0.1, 0.15) is 18.2 Å². The summed E-state index contributed by atoms with van der Waals surface area (Å²) in [6.07, 6.45) is 1.34. The number of nitrogens with one attached hydrogen (secondary N) is 2. The zero-order valence-electron chi connectivity index (χ0n) is 17.1. The van der Waals surface area contributed by atoms with Gasteiger partial charge in [0, 0.05) is 28.1 Å². The quantitative estimate of drug-likeness (QED) is 0.478. The van der Waals surface area contributed by atoms with Crippen LogP contribution in [0.1, 0.15) is 34.1 Å². The number of rotatable bonds is 5. The average Bonchev–Trinajstić information content (AvgIpc) is 2.81. The lowest BCUT2D eigenvalue weighted by molar-refractivity contribution is 0.102. The molecule has 6 nitrogen and oxygen atoms in total. The summed E-state index contributed by atoms with van der Waals surface area (Å²) in [4.78, 5) is 29.7. The summed E-state index contributed by atoms with van der Waals surface area (Å²) in [5.74, 6) is -1.08. The Morgan fingerprint density at radius 1 is 1.15 bits per heavy atom. The molecule has 0 saturated heterocycles. The molecule has 0 unspecified atom stereocenters. The number of amides is 2. The van der Waals surface area contributed by atoms with Crippen molar-refractivity contribution in [3.05, 3.63) is 88.2 Å². The number of carbonyl (C=O) groups is 2. The summed E-state index contributed by atoms with van der Waals surface area (Å²) in [5.41, 5.74) is 1.35. The van der Waals surface area contributed by atoms with Crippen LogP contribution in [0.15, 0.2) is 59.6 Å². The first-order chi connectivity index (χ1) is 15.9. The maximum atomic E-state index is 14.8. The normalized spacial score (nSPS) is 14.8. The number of carbonyl (C=O) groups excluding carboxylic acids is 2. The molecule has 2 aromatic carbocycles. The Labute approximate surface area is 197 Å². The number of pyridine rings is 1. The summed E-state index contributed by atoms with van der Waals surface area (Å²) >= 11 is 7.10. The van der Waals surface area contributed by atoms with Gasteiger partial charge in [-0.1, -0.05) is 17.7 Å². The zero-order valence-corrected chi connectivity index (χ0v) is 18.7. The van der Waals surface area contributed by atoms with Crippen molar-refractivity contribution in [2.45, 2.75) is 24.0 Å². The predicted octanol–water partition coefficient (Wildman–Crippen LogP) is 5.73. The summed E-state index contributed by atoms with van der Waals surface area (Å²) in [7, 11) is 0. The van der Waals surface area contributed by atoms with Gasteiger partial charge < -0.3 is 15.4 Å². The van der Waals surface area contributed by atoms with Crippen LogP contribution in [-0.2, 0) is 11.3 Å². The van der Waals surface area contributed by atoms with E-state index in [1.165, 1.54) is 36.0 Å². The number of aromatic nitrogens is 1. The van der Waals surface area contributed by atoms with Gasteiger partial charge in [-0.2, -0.15) is 0 Å². The van der Waals surface area contributed by atoms with Crippen LogP contribution >= 0.6 is 23.4 Å². The molecule has 0 bridgehead atoms. The van der Waals surface area contributed by atoms with Gasteiger partial charge in [-0.3, -0.25) is 9.78 Å². The second kappa shape index (κ2) is 10.2. The molecule has 0 saturated carbocycles. The molecule has 0 spiro atoms. The van der Waals surface area contributed by atoms with Crippen LogP contribution in [0.25, 0.3) is 0 Å². The topological polar surface area (TPSA) is 80.3 Å². The van der Waals surface area contributed by atoms with Crippen molar-refractivity contribution < 1.29 is 23.1 Å². The van der Waals surface area contributed by atoms with Crippen molar-refractivity contribution >= 4 is 41.1 Å². The van der Waals surface area contributed by atoms with Crippen molar-refractivity contribution in [3.63, 3.8) is 0 Å². The molecule has 33 heavy (non-hydrogen) atoms. The van der Waals surface area contributed by atoms with E-state index in [0.29, 0.717) is 28.5 Å². The fourth-order valence-corrected chi connectivity index (χ4v) is 4.83. The monoisotopic (exact) mass is 489 g/mol. The van der Waals surface area contributed by atoms with Crippen LogP contribution in [0.4, 0.5) is 19.3 Å². The lowest BCUT2D eigenvalue weighted by Crippen LogP contribution is -2.32. The number of halogens is 3. The minimum absolute atomic E-state index is 0.0217. The standard InChI is InChI=1S/C23H18ClF2N3O3S/c24-16-11-13(4-6-17(16)25)28-22(30)15-5-7-18(26)20-19(8-10-33-21(15)20)29-23(31)32-12-14-3-1-2-9-27-14/h1-7,9,11,19H,8,10,12H2,(H,28,30)(H,29,31)/t19-/m0/s1. The highest BCUT2D eigenvalue weighted by atomic mass is 35.5. The Balaban J connectivity index is 1.51. The molecule has 170 valence electrons. The SMILES string of the molecule is O=C(N[C@H]1CCSc2c(C(=O)Nc3ccc(F)c(Cl)c3)ccc(F)c21)OCc1ccccn1. The number of benzene rings is 2. The smallest absolute Gasteiger partial charge is 0.408 e. The van der Waals surface area contributed by atoms with Gasteiger partial charge in [-0.25, -0.2) is 13.6 Å². The van der Waals surface area contributed by atoms with E-state index in [0.717, 1.165) is 6.07 Å². The van der Waals surface area contributed by atoms with Gasteiger partial charge in [-0.05, 0) is 48.9 Å². The van der Waals surface area contributed by atoms with Gasteiger partial charge in [0.15, 0.2) is 0 Å². The number of alkyl carbamates (subject to hydrolysis) is 1. The number of anilines is 1. The van der Waals surface area contributed by atoms with Crippen molar-refractivity contribution in [2.24, 2.45) is 0 Å². The van der Waals surface area contributed by atoms with E-state index in [9.17, 15) is 18.4 Å². The summed E-state index contributed by atoms with van der Waals surface area (Å²) < 4.78 is 33.4. The molecule has 1 aliphatic rings. The molecular formula is C23H18ClF2N3O3S. The first-order valence-corrected chi connectivity index (χ1v) is 11.3. The minimum atomic E-state index is -0.710. The molecule has 4 rings (SSSR count). The van der Waals surface area contributed by atoms with E-state index < -0.39 is 29.7 Å². The number of hydrogen-bond donors (Lipinski definition) is 2. The highest BCUT2D eigenvalue weighted by Crippen LogP contribution is 2.40. The molecule has 0 aliphatic carbocycles. The first-order valence-electron chi connectivity index (χ1n) is 9.97. The molecule has 2 amide bonds. The van der Waals surface area contributed by atoms with Crippen LogP contribution < -0.4 is 10.6 Å². The fraction of sp³-hybridized carbons (Fsp3) is 0.174. The number of fused-ring (bicyclic) bond motifs is 1. The summed E-state index contributed by atoms with van der Waals surface area (Å²) in [6.45, 7) is -0.0217. The maximum Gasteiger partial charge on any atom is 0.408 e. The second-order valence-electron chi connectivity index (χ2n) is 7.15. The molecule has 2 N–H and O–H groups in total. The van der Waals surface area contributed by atoms with Crippen molar-refractivity contribution in [1.29, 1.82) is 0 Å². The van der Waals surface area contributed by atoms with Crippen LogP contribution in [0.3, 0.4) is 0 Å². The Bertz CT molecular complexity index is 1200. The van der Waals surface area contributed by atoms with Gasteiger partial charge in [0.2, 0.25) is 0 Å². The Kier molecular flexibility index (Phi) is 7.10. The molecule has 1 atom stereocenters. The lowest BCUT2D eigenvalue weighted by atomic mass is 9.99. The Morgan fingerprint density at radius 3 is 2.73 bits per heavy atom. The van der Waals surface area contributed by atoms with Crippen LogP contribution in [0, 0.1) is 11.6 Å². The number of nitrogens with zero attached hydrogens (tertiary/aromatic N) is 1. The highest BCUT2D eigenvalue weighted by Gasteiger charge is 2.30. The predicted molar refractivity (Wildman–Crippen MR) is 121 cm³/mol. The fourth-order valence-electron chi connectivity index (χ4n) is 3.38. The van der Waals surface area contributed by atoms with Crippen molar-refractivity contribution in [1.82, 2.24) is 10.3 Å². The number of ether oxygens (including phenoxy) is 1. The van der Waals surface area contributed by atoms with Gasteiger partial charge in [0.25, 0.3) is 5.91 Å². The molecule has 2 heterocycles. The van der Waals surface area contributed by atoms with E-state index in [1.807, 2.05) is 0 Å². The van der Waals surface area contributed by atoms with Gasteiger partial charge in [0.05, 0.1) is 22.3 Å². The van der Waals surface area contributed by atoms with Crippen LogP contribution in [-0.4, -0.2) is 22.7 Å². The third-order valence-corrected chi connectivity index (χ3v) is 6.39. The molecule has 3 aromatic rings. The van der Waals surface area contributed by atoms with E-state index in [2.05, 4.69) is 15.6 Å². The molecular weight excluding hydrogens is 472 g/mol. The molecule has 10 heteroatoms. The number of hydrogen-bond acceptors (Lipinski definition) is 5. The Morgan fingerprint density at radius 2 is 1.97 bits per heavy atom. The third-order valence-electron chi connectivity index (χ3n) is 4.94. The number of thioether (sulfide) groups is 1. The van der Waals surface area contributed by atoms with E-state index >= 15 is 0 Å². The van der Waals surface area contributed by atoms with Crippen LogP contribution in [0.2, 0.25) is 5.02 Å². The largest absolute Gasteiger partial charge is 0.443 e. The zero-order chi connectivity index (χ0) is 23.4. The average molecular weight is 490 g/mol. The van der Waals surface area contributed by atoms with E-state index in [-0.39, 0.29) is 22.8 Å². The maximum absolute atomic E-state index is 14.8. The molecule has 0 fully saturated rings. The highest BCUT2D eigenvalue weighted by molar-refractivity contribution is 7.99. The van der Waals surface area contributed by atoms with E-state index in [1.54, 1.807) is 24.4 Å². The van der Waals surface area contributed by atoms with Crippen LogP contribution in [0.5, 0.6) is 0 Å². The van der Waals surface area contributed by atoms with E-state index in [4.69, 9.17) is 16.3 Å². The summed E-state index contributed by atoms with van der Waals surface area (Å²) in [6, 6.07) is 11.0. The molecule has 1 aromatic heterocycles. The second-order valence-corrected chi connectivity index (χ2v) is 8.66.